The molecule has 0 unspecified atom stereocenters. The van der Waals surface area contributed by atoms with E-state index >= 15 is 0 Å². The molecule has 9 heteroatoms. The Balaban J connectivity index is 1.32. The number of nitrogens with zero attached hydrogens (tertiary/aromatic N) is 5. The molecule has 1 saturated heterocycles. The van der Waals surface area contributed by atoms with Gasteiger partial charge in [-0.15, -0.1) is 0 Å². The first-order valence-corrected chi connectivity index (χ1v) is 9.74. The van der Waals surface area contributed by atoms with Crippen LogP contribution in [-0.4, -0.2) is 52.1 Å². The number of hydrogen-bond acceptors (Lipinski definition) is 7. The van der Waals surface area contributed by atoms with E-state index in [1.807, 2.05) is 6.07 Å². The number of carbonyl (C=O) groups excluding carboxylic acids is 1. The molecular weight excluding hydrogens is 392 g/mol. The van der Waals surface area contributed by atoms with Gasteiger partial charge in [0.2, 0.25) is 5.89 Å². The summed E-state index contributed by atoms with van der Waals surface area (Å²) >= 11 is 5.95. The van der Waals surface area contributed by atoms with Gasteiger partial charge < -0.3 is 14.7 Å². The van der Waals surface area contributed by atoms with Crippen molar-refractivity contribution < 1.29 is 9.32 Å². The Morgan fingerprint density at radius 3 is 2.69 bits per heavy atom. The van der Waals surface area contributed by atoms with E-state index in [1.165, 1.54) is 0 Å². The Bertz CT molecular complexity index is 983. The van der Waals surface area contributed by atoms with E-state index in [-0.39, 0.29) is 5.91 Å². The maximum atomic E-state index is 12.4. The minimum Gasteiger partial charge on any atom is -0.354 e. The number of amides is 1. The average molecular weight is 413 g/mol. The van der Waals surface area contributed by atoms with Gasteiger partial charge in [-0.25, -0.2) is 4.98 Å². The first kappa shape index (κ1) is 19.4. The zero-order valence-corrected chi connectivity index (χ0v) is 16.8. The van der Waals surface area contributed by atoms with Crippen LogP contribution in [0.25, 0.3) is 0 Å². The second-order valence-corrected chi connectivity index (χ2v) is 7.30. The van der Waals surface area contributed by atoms with Crippen LogP contribution in [0.5, 0.6) is 0 Å². The van der Waals surface area contributed by atoms with Crippen LogP contribution in [0, 0.1) is 6.92 Å². The second-order valence-electron chi connectivity index (χ2n) is 6.86. The summed E-state index contributed by atoms with van der Waals surface area (Å²) in [5.41, 5.74) is 1.15. The third-order valence-corrected chi connectivity index (χ3v) is 4.96. The van der Waals surface area contributed by atoms with Crippen LogP contribution < -0.4 is 10.2 Å². The maximum absolute atomic E-state index is 12.4. The maximum Gasteiger partial charge on any atom is 0.257 e. The largest absolute Gasteiger partial charge is 0.354 e. The molecule has 1 aliphatic rings. The van der Waals surface area contributed by atoms with Crippen molar-refractivity contribution in [1.29, 1.82) is 0 Å². The van der Waals surface area contributed by atoms with Gasteiger partial charge in [0.25, 0.3) is 5.91 Å². The number of benzene rings is 1. The zero-order valence-electron chi connectivity index (χ0n) is 16.0. The fraction of sp³-hybridized carbons (Fsp3) is 0.300. The van der Waals surface area contributed by atoms with Crippen molar-refractivity contribution in [3.05, 3.63) is 64.9 Å². The molecule has 1 amide bonds. The van der Waals surface area contributed by atoms with Gasteiger partial charge >= 0.3 is 0 Å². The first-order valence-electron chi connectivity index (χ1n) is 9.36. The van der Waals surface area contributed by atoms with E-state index < -0.39 is 0 Å². The number of aromatic nitrogens is 3. The molecule has 0 atom stereocenters. The van der Waals surface area contributed by atoms with Gasteiger partial charge in [-0.2, -0.15) is 4.98 Å². The predicted octanol–water partition coefficient (Wildman–Crippen LogP) is 3.00. The number of carbonyl (C=O) groups is 1. The van der Waals surface area contributed by atoms with Crippen molar-refractivity contribution in [1.82, 2.24) is 20.0 Å². The summed E-state index contributed by atoms with van der Waals surface area (Å²) in [5.74, 6) is 1.94. The van der Waals surface area contributed by atoms with Crippen LogP contribution in [-0.2, 0) is 6.54 Å². The van der Waals surface area contributed by atoms with Gasteiger partial charge in [0.05, 0.1) is 12.1 Å². The summed E-state index contributed by atoms with van der Waals surface area (Å²) < 4.78 is 5.02. The fourth-order valence-corrected chi connectivity index (χ4v) is 3.41. The summed E-state index contributed by atoms with van der Waals surface area (Å²) in [5, 5.41) is 7.35. The fourth-order valence-electron chi connectivity index (χ4n) is 3.22. The number of aryl methyl sites for hydroxylation is 1. The van der Waals surface area contributed by atoms with Crippen molar-refractivity contribution in [2.45, 2.75) is 13.5 Å². The number of piperazine rings is 1. The Labute approximate surface area is 173 Å². The molecule has 2 aromatic heterocycles. The second kappa shape index (κ2) is 8.59. The van der Waals surface area contributed by atoms with Crippen molar-refractivity contribution in [3.8, 4) is 0 Å². The Kier molecular flexibility index (Phi) is 5.73. The van der Waals surface area contributed by atoms with Gasteiger partial charge in [-0.3, -0.25) is 9.69 Å². The summed E-state index contributed by atoms with van der Waals surface area (Å²) in [6.45, 7) is 5.93. The molecule has 0 spiro atoms. The summed E-state index contributed by atoms with van der Waals surface area (Å²) in [7, 11) is 0. The lowest BCUT2D eigenvalue weighted by molar-refractivity contribution is 0.102. The van der Waals surface area contributed by atoms with Gasteiger partial charge in [0.15, 0.2) is 5.82 Å². The standard InChI is InChI=1S/C20H21ClN6O2/c1-14-23-18(25-29-14)13-26-7-9-27(10-8-26)19-6-5-15(12-22-19)20(28)24-17-4-2-3-16(21)11-17/h2-6,11-12H,7-10,13H2,1H3,(H,24,28). The molecule has 1 fully saturated rings. The van der Waals surface area contributed by atoms with Crippen molar-refractivity contribution in [3.63, 3.8) is 0 Å². The number of pyridine rings is 1. The minimum atomic E-state index is -0.216. The molecule has 0 aliphatic carbocycles. The Morgan fingerprint density at radius 1 is 1.21 bits per heavy atom. The highest BCUT2D eigenvalue weighted by Gasteiger charge is 2.20. The molecule has 29 heavy (non-hydrogen) atoms. The van der Waals surface area contributed by atoms with Gasteiger partial charge in [-0.1, -0.05) is 22.8 Å². The molecule has 1 N–H and O–H groups in total. The normalized spacial score (nSPS) is 14.8. The monoisotopic (exact) mass is 412 g/mol. The van der Waals surface area contributed by atoms with Gasteiger partial charge in [-0.05, 0) is 30.3 Å². The number of rotatable bonds is 5. The number of halogens is 1. The average Bonchev–Trinajstić information content (AvgIpc) is 3.13. The topological polar surface area (TPSA) is 87.4 Å². The molecular formula is C20H21ClN6O2. The van der Waals surface area contributed by atoms with E-state index in [0.717, 1.165) is 32.0 Å². The van der Waals surface area contributed by atoms with Crippen LogP contribution in [0.1, 0.15) is 22.1 Å². The van der Waals surface area contributed by atoms with Crippen molar-refractivity contribution in [2.75, 3.05) is 36.4 Å². The molecule has 1 aromatic carbocycles. The molecule has 4 rings (SSSR count). The minimum absolute atomic E-state index is 0.216. The van der Waals surface area contributed by atoms with Crippen LogP contribution in [0.4, 0.5) is 11.5 Å². The Morgan fingerprint density at radius 2 is 2.03 bits per heavy atom. The molecule has 0 bridgehead atoms. The van der Waals surface area contributed by atoms with E-state index in [1.54, 1.807) is 43.5 Å². The molecule has 8 nitrogen and oxygen atoms in total. The van der Waals surface area contributed by atoms with Crippen LogP contribution in [0.15, 0.2) is 47.1 Å². The Hall–Kier alpha value is -2.97. The zero-order chi connectivity index (χ0) is 20.2. The lowest BCUT2D eigenvalue weighted by atomic mass is 10.2. The van der Waals surface area contributed by atoms with E-state index in [9.17, 15) is 4.79 Å². The van der Waals surface area contributed by atoms with Crippen LogP contribution in [0.2, 0.25) is 5.02 Å². The summed E-state index contributed by atoms with van der Waals surface area (Å²) in [4.78, 5) is 25.6. The van der Waals surface area contributed by atoms with Crippen molar-refractivity contribution >= 4 is 29.0 Å². The molecule has 0 radical (unpaired) electrons. The number of anilines is 2. The SMILES string of the molecule is Cc1nc(CN2CCN(c3ccc(C(=O)Nc4cccc(Cl)c4)cn3)CC2)no1. The van der Waals surface area contributed by atoms with Crippen LogP contribution >= 0.6 is 11.6 Å². The molecule has 3 heterocycles. The van der Waals surface area contributed by atoms with E-state index in [0.29, 0.717) is 34.5 Å². The molecule has 0 saturated carbocycles. The third-order valence-electron chi connectivity index (χ3n) is 4.72. The lowest BCUT2D eigenvalue weighted by Gasteiger charge is -2.34. The van der Waals surface area contributed by atoms with E-state index in [4.69, 9.17) is 16.1 Å². The predicted molar refractivity (Wildman–Crippen MR) is 110 cm³/mol. The lowest BCUT2D eigenvalue weighted by Crippen LogP contribution is -2.46. The highest BCUT2D eigenvalue weighted by molar-refractivity contribution is 6.30. The van der Waals surface area contributed by atoms with Gasteiger partial charge in [0, 0.05) is 50.0 Å². The van der Waals surface area contributed by atoms with E-state index in [2.05, 4.69) is 30.2 Å². The van der Waals surface area contributed by atoms with Gasteiger partial charge in [0.1, 0.15) is 5.82 Å². The highest BCUT2D eigenvalue weighted by atomic mass is 35.5. The third kappa shape index (κ3) is 4.90. The molecule has 150 valence electrons. The smallest absolute Gasteiger partial charge is 0.257 e. The summed E-state index contributed by atoms with van der Waals surface area (Å²) in [6, 6.07) is 10.7. The molecule has 3 aromatic rings. The molecule has 1 aliphatic heterocycles. The highest BCUT2D eigenvalue weighted by Crippen LogP contribution is 2.18. The summed E-state index contributed by atoms with van der Waals surface area (Å²) in [6.07, 6.45) is 1.60. The van der Waals surface area contributed by atoms with Crippen LogP contribution in [0.3, 0.4) is 0 Å². The number of hydrogen-bond donors (Lipinski definition) is 1. The first-order chi connectivity index (χ1) is 14.1. The quantitative estimate of drug-likeness (QED) is 0.689. The number of nitrogens with one attached hydrogen (secondary N) is 1. The van der Waals surface area contributed by atoms with Crippen molar-refractivity contribution in [2.24, 2.45) is 0 Å².